The predicted molar refractivity (Wildman–Crippen MR) is 106 cm³/mol. The summed E-state index contributed by atoms with van der Waals surface area (Å²) in [4.78, 5) is 23.9. The molecule has 0 aromatic heterocycles. The van der Waals surface area contributed by atoms with Crippen molar-refractivity contribution in [1.29, 1.82) is 0 Å². The third kappa shape index (κ3) is 7.33. The first-order valence-corrected chi connectivity index (χ1v) is 9.68. The number of nitrogens with one attached hydrogen (secondary N) is 2. The molecule has 6 nitrogen and oxygen atoms in total. The van der Waals surface area contributed by atoms with Gasteiger partial charge in [0.25, 0.3) is 0 Å². The van der Waals surface area contributed by atoms with Crippen LogP contribution in [0, 0.1) is 0 Å². The third-order valence-corrected chi connectivity index (χ3v) is 4.47. The van der Waals surface area contributed by atoms with Crippen molar-refractivity contribution in [2.75, 3.05) is 20.3 Å². The number of rotatable bonds is 9. The molecule has 0 saturated heterocycles. The first kappa shape index (κ1) is 20.8. The molecule has 27 heavy (non-hydrogen) atoms. The van der Waals surface area contributed by atoms with E-state index in [1.165, 1.54) is 12.5 Å². The van der Waals surface area contributed by atoms with Gasteiger partial charge in [-0.05, 0) is 43.0 Å². The minimum Gasteiger partial charge on any atom is -0.493 e. The van der Waals surface area contributed by atoms with Crippen LogP contribution in [0.3, 0.4) is 0 Å². The van der Waals surface area contributed by atoms with Gasteiger partial charge in [-0.15, -0.1) is 0 Å². The average Bonchev–Trinajstić information content (AvgIpc) is 2.70. The second kappa shape index (κ2) is 11.3. The molecule has 148 valence electrons. The Morgan fingerprint density at radius 3 is 2.67 bits per heavy atom. The van der Waals surface area contributed by atoms with E-state index in [4.69, 9.17) is 9.47 Å². The molecule has 1 aliphatic rings. The maximum Gasteiger partial charge on any atom is 0.244 e. The summed E-state index contributed by atoms with van der Waals surface area (Å²) in [6, 6.07) is 5.74. The van der Waals surface area contributed by atoms with Gasteiger partial charge in [0.2, 0.25) is 11.8 Å². The summed E-state index contributed by atoms with van der Waals surface area (Å²) in [6.45, 7) is 2.65. The molecular formula is C21H30N2O4. The van der Waals surface area contributed by atoms with E-state index >= 15 is 0 Å². The van der Waals surface area contributed by atoms with Gasteiger partial charge in [0.1, 0.15) is 0 Å². The van der Waals surface area contributed by atoms with Gasteiger partial charge in [-0.2, -0.15) is 0 Å². The molecule has 0 spiro atoms. The lowest BCUT2D eigenvalue weighted by atomic mass is 9.95. The minimum absolute atomic E-state index is 0.00715. The number of ether oxygens (including phenoxy) is 2. The number of carbonyl (C=O) groups excluding carboxylic acids is 2. The molecule has 0 aliphatic heterocycles. The van der Waals surface area contributed by atoms with Gasteiger partial charge in [0.15, 0.2) is 11.5 Å². The standard InChI is InChI=1S/C21H30N2O4/c1-3-13-27-18-11-9-16(14-19(18)26-2)10-12-20(24)22-15-21(25)23-17-7-5-4-6-8-17/h9-12,14,17H,3-8,13,15H2,1-2H3,(H,22,24)(H,23,25)/b12-10+. The highest BCUT2D eigenvalue weighted by Gasteiger charge is 2.15. The molecule has 1 aliphatic carbocycles. The van der Waals surface area contributed by atoms with Crippen LogP contribution < -0.4 is 20.1 Å². The van der Waals surface area contributed by atoms with Crippen molar-refractivity contribution < 1.29 is 19.1 Å². The van der Waals surface area contributed by atoms with E-state index in [2.05, 4.69) is 10.6 Å². The van der Waals surface area contributed by atoms with Crippen molar-refractivity contribution in [1.82, 2.24) is 10.6 Å². The van der Waals surface area contributed by atoms with E-state index in [-0.39, 0.29) is 24.4 Å². The van der Waals surface area contributed by atoms with Crippen LogP contribution in [0.15, 0.2) is 24.3 Å². The number of benzene rings is 1. The lowest BCUT2D eigenvalue weighted by molar-refractivity contribution is -0.124. The SMILES string of the molecule is CCCOc1ccc(/C=C/C(=O)NCC(=O)NC2CCCCC2)cc1OC. The van der Waals surface area contributed by atoms with Crippen LogP contribution >= 0.6 is 0 Å². The topological polar surface area (TPSA) is 76.7 Å². The quantitative estimate of drug-likeness (QED) is 0.651. The van der Waals surface area contributed by atoms with Gasteiger partial charge in [0.05, 0.1) is 20.3 Å². The monoisotopic (exact) mass is 374 g/mol. The zero-order valence-electron chi connectivity index (χ0n) is 16.3. The summed E-state index contributed by atoms with van der Waals surface area (Å²) in [6.07, 6.45) is 9.62. The van der Waals surface area contributed by atoms with Crippen molar-refractivity contribution >= 4 is 17.9 Å². The summed E-state index contributed by atoms with van der Waals surface area (Å²) in [5.74, 6) is 0.861. The van der Waals surface area contributed by atoms with Crippen molar-refractivity contribution in [2.24, 2.45) is 0 Å². The molecule has 1 aromatic rings. The van der Waals surface area contributed by atoms with E-state index in [1.807, 2.05) is 25.1 Å². The Kier molecular flexibility index (Phi) is 8.68. The second-order valence-corrected chi connectivity index (χ2v) is 6.71. The summed E-state index contributed by atoms with van der Waals surface area (Å²) in [5, 5.41) is 5.59. The molecule has 2 rings (SSSR count). The highest BCUT2D eigenvalue weighted by Crippen LogP contribution is 2.28. The average molecular weight is 374 g/mol. The van der Waals surface area contributed by atoms with Crippen molar-refractivity contribution in [3.8, 4) is 11.5 Å². The van der Waals surface area contributed by atoms with Gasteiger partial charge in [-0.25, -0.2) is 0 Å². The fourth-order valence-corrected chi connectivity index (χ4v) is 3.04. The molecule has 2 N–H and O–H groups in total. The zero-order chi connectivity index (χ0) is 19.5. The van der Waals surface area contributed by atoms with Crippen LogP contribution in [0.25, 0.3) is 6.08 Å². The van der Waals surface area contributed by atoms with Crippen LogP contribution in [0.2, 0.25) is 0 Å². The summed E-state index contributed by atoms with van der Waals surface area (Å²) in [7, 11) is 1.58. The van der Waals surface area contributed by atoms with Crippen molar-refractivity contribution in [3.63, 3.8) is 0 Å². The Labute approximate surface area is 161 Å². The summed E-state index contributed by atoms with van der Waals surface area (Å²) in [5.41, 5.74) is 0.817. The van der Waals surface area contributed by atoms with Gasteiger partial charge < -0.3 is 20.1 Å². The molecule has 1 saturated carbocycles. The molecule has 0 heterocycles. The lowest BCUT2D eigenvalue weighted by Crippen LogP contribution is -2.42. The molecule has 1 aromatic carbocycles. The summed E-state index contributed by atoms with van der Waals surface area (Å²) < 4.78 is 10.9. The van der Waals surface area contributed by atoms with Crippen LogP contribution in [0.1, 0.15) is 51.0 Å². The van der Waals surface area contributed by atoms with Crippen LogP contribution in [0.5, 0.6) is 11.5 Å². The highest BCUT2D eigenvalue weighted by atomic mass is 16.5. The Bertz CT molecular complexity index is 652. The fraction of sp³-hybridized carbons (Fsp3) is 0.524. The normalized spacial score (nSPS) is 14.7. The first-order chi connectivity index (χ1) is 13.1. The Morgan fingerprint density at radius 2 is 1.96 bits per heavy atom. The van der Waals surface area contributed by atoms with E-state index in [1.54, 1.807) is 13.2 Å². The number of hydrogen-bond acceptors (Lipinski definition) is 4. The Balaban J connectivity index is 1.80. The van der Waals surface area contributed by atoms with E-state index in [9.17, 15) is 9.59 Å². The number of carbonyl (C=O) groups is 2. The van der Waals surface area contributed by atoms with E-state index in [0.29, 0.717) is 18.1 Å². The van der Waals surface area contributed by atoms with Gasteiger partial charge in [-0.3, -0.25) is 9.59 Å². The molecule has 0 radical (unpaired) electrons. The molecule has 6 heteroatoms. The minimum atomic E-state index is -0.306. The maximum atomic E-state index is 11.9. The maximum absolute atomic E-state index is 11.9. The van der Waals surface area contributed by atoms with E-state index in [0.717, 1.165) is 37.7 Å². The second-order valence-electron chi connectivity index (χ2n) is 6.71. The van der Waals surface area contributed by atoms with Crippen LogP contribution in [-0.4, -0.2) is 38.1 Å². The number of amides is 2. The van der Waals surface area contributed by atoms with Crippen LogP contribution in [0.4, 0.5) is 0 Å². The van der Waals surface area contributed by atoms with Crippen molar-refractivity contribution in [2.45, 2.75) is 51.5 Å². The Morgan fingerprint density at radius 1 is 1.19 bits per heavy atom. The molecule has 1 fully saturated rings. The third-order valence-electron chi connectivity index (χ3n) is 4.47. The molecular weight excluding hydrogens is 344 g/mol. The molecule has 0 unspecified atom stereocenters. The Hall–Kier alpha value is -2.50. The molecule has 0 atom stereocenters. The smallest absolute Gasteiger partial charge is 0.244 e. The first-order valence-electron chi connectivity index (χ1n) is 9.68. The van der Waals surface area contributed by atoms with Crippen LogP contribution in [-0.2, 0) is 9.59 Å². The lowest BCUT2D eigenvalue weighted by Gasteiger charge is -2.22. The summed E-state index contributed by atoms with van der Waals surface area (Å²) >= 11 is 0. The van der Waals surface area contributed by atoms with Gasteiger partial charge in [-0.1, -0.05) is 32.3 Å². The number of hydrogen-bond donors (Lipinski definition) is 2. The van der Waals surface area contributed by atoms with Crippen molar-refractivity contribution in [3.05, 3.63) is 29.8 Å². The zero-order valence-corrected chi connectivity index (χ0v) is 16.3. The predicted octanol–water partition coefficient (Wildman–Crippen LogP) is 3.06. The van der Waals surface area contributed by atoms with Gasteiger partial charge >= 0.3 is 0 Å². The largest absolute Gasteiger partial charge is 0.493 e. The molecule has 0 bridgehead atoms. The number of methoxy groups -OCH3 is 1. The highest BCUT2D eigenvalue weighted by molar-refractivity contribution is 5.94. The fourth-order valence-electron chi connectivity index (χ4n) is 3.04. The molecule has 2 amide bonds. The van der Waals surface area contributed by atoms with E-state index < -0.39 is 0 Å². The van der Waals surface area contributed by atoms with Gasteiger partial charge in [0, 0.05) is 12.1 Å².